The van der Waals surface area contributed by atoms with Crippen molar-refractivity contribution in [2.45, 2.75) is 25.9 Å². The number of benzene rings is 2. The monoisotopic (exact) mass is 481 g/mol. The molecule has 2 aromatic rings. The fourth-order valence-electron chi connectivity index (χ4n) is 3.31. The Hall–Kier alpha value is -2.85. The molecular weight excluding hydrogens is 455 g/mol. The number of nitrogens with one attached hydrogen (secondary N) is 2. The highest BCUT2D eigenvalue weighted by Crippen LogP contribution is 2.35. The van der Waals surface area contributed by atoms with Crippen molar-refractivity contribution in [1.29, 1.82) is 0 Å². The van der Waals surface area contributed by atoms with E-state index in [4.69, 9.17) is 21.7 Å². The SMILES string of the molecule is CC(C)c1ccc(OCC(=O)NC(=S)Nc2cc(C(F)(F)F)ccc2N2CCOCC2)cc1. The van der Waals surface area contributed by atoms with Gasteiger partial charge in [0, 0.05) is 13.1 Å². The van der Waals surface area contributed by atoms with E-state index in [0.29, 0.717) is 43.7 Å². The summed E-state index contributed by atoms with van der Waals surface area (Å²) in [5.74, 6) is 0.380. The second kappa shape index (κ2) is 10.8. The van der Waals surface area contributed by atoms with Crippen LogP contribution in [-0.2, 0) is 15.7 Å². The van der Waals surface area contributed by atoms with Crippen molar-refractivity contribution >= 4 is 34.6 Å². The molecule has 10 heteroatoms. The van der Waals surface area contributed by atoms with Crippen LogP contribution in [0.2, 0.25) is 0 Å². The summed E-state index contributed by atoms with van der Waals surface area (Å²) in [7, 11) is 0. The summed E-state index contributed by atoms with van der Waals surface area (Å²) in [5, 5.41) is 5.06. The molecule has 3 rings (SSSR count). The Morgan fingerprint density at radius 2 is 1.82 bits per heavy atom. The Kier molecular flexibility index (Phi) is 8.15. The molecule has 178 valence electrons. The maximum Gasteiger partial charge on any atom is 0.416 e. The minimum absolute atomic E-state index is 0.118. The molecule has 0 spiro atoms. The minimum atomic E-state index is -4.51. The molecule has 0 bridgehead atoms. The third kappa shape index (κ3) is 7.06. The van der Waals surface area contributed by atoms with E-state index in [1.165, 1.54) is 6.07 Å². The van der Waals surface area contributed by atoms with Gasteiger partial charge in [0.25, 0.3) is 5.91 Å². The van der Waals surface area contributed by atoms with Crippen molar-refractivity contribution in [3.05, 3.63) is 53.6 Å². The van der Waals surface area contributed by atoms with Crippen LogP contribution in [0.5, 0.6) is 5.75 Å². The number of hydrogen-bond acceptors (Lipinski definition) is 5. The van der Waals surface area contributed by atoms with E-state index in [2.05, 4.69) is 24.5 Å². The molecule has 0 radical (unpaired) electrons. The highest BCUT2D eigenvalue weighted by Gasteiger charge is 2.31. The van der Waals surface area contributed by atoms with Crippen LogP contribution in [0.3, 0.4) is 0 Å². The zero-order chi connectivity index (χ0) is 24.0. The van der Waals surface area contributed by atoms with Crippen molar-refractivity contribution in [3.63, 3.8) is 0 Å². The number of carbonyl (C=O) groups is 1. The first-order chi connectivity index (χ1) is 15.6. The predicted molar refractivity (Wildman–Crippen MR) is 125 cm³/mol. The molecule has 1 heterocycles. The maximum atomic E-state index is 13.2. The van der Waals surface area contributed by atoms with E-state index in [-0.39, 0.29) is 17.4 Å². The van der Waals surface area contributed by atoms with Gasteiger partial charge in [0.2, 0.25) is 0 Å². The van der Waals surface area contributed by atoms with Gasteiger partial charge in [-0.2, -0.15) is 13.2 Å². The van der Waals surface area contributed by atoms with Gasteiger partial charge < -0.3 is 19.7 Å². The van der Waals surface area contributed by atoms with Crippen molar-refractivity contribution in [3.8, 4) is 5.75 Å². The molecule has 1 aliphatic heterocycles. The highest BCUT2D eigenvalue weighted by atomic mass is 32.1. The standard InChI is InChI=1S/C23H26F3N3O3S/c1-15(2)16-3-6-18(7-4-16)32-14-21(30)28-22(33)27-19-13-17(23(24,25)26)5-8-20(19)29-9-11-31-12-10-29/h3-8,13,15H,9-12,14H2,1-2H3,(H2,27,28,30,33). The average molecular weight is 482 g/mol. The third-order valence-corrected chi connectivity index (χ3v) is 5.30. The number of anilines is 2. The highest BCUT2D eigenvalue weighted by molar-refractivity contribution is 7.80. The molecule has 2 aromatic carbocycles. The molecule has 1 amide bonds. The van der Waals surface area contributed by atoms with Crippen molar-refractivity contribution in [1.82, 2.24) is 5.32 Å². The average Bonchev–Trinajstić information content (AvgIpc) is 2.78. The lowest BCUT2D eigenvalue weighted by atomic mass is 10.0. The lowest BCUT2D eigenvalue weighted by Gasteiger charge is -2.31. The predicted octanol–water partition coefficient (Wildman–Crippen LogP) is 4.56. The van der Waals surface area contributed by atoms with Crippen molar-refractivity contribution in [2.75, 3.05) is 43.1 Å². The summed E-state index contributed by atoms with van der Waals surface area (Å²) >= 11 is 5.16. The van der Waals surface area contributed by atoms with Gasteiger partial charge in [0.1, 0.15) is 5.75 Å². The van der Waals surface area contributed by atoms with E-state index in [9.17, 15) is 18.0 Å². The minimum Gasteiger partial charge on any atom is -0.484 e. The van der Waals surface area contributed by atoms with E-state index >= 15 is 0 Å². The number of carbonyl (C=O) groups excluding carboxylic acids is 1. The zero-order valence-corrected chi connectivity index (χ0v) is 19.2. The van der Waals surface area contributed by atoms with Gasteiger partial charge in [-0.1, -0.05) is 26.0 Å². The molecule has 0 atom stereocenters. The molecule has 0 saturated carbocycles. The molecule has 1 aliphatic rings. The summed E-state index contributed by atoms with van der Waals surface area (Å²) < 4.78 is 50.5. The topological polar surface area (TPSA) is 62.8 Å². The normalized spacial score (nSPS) is 14.2. The van der Waals surface area contributed by atoms with Gasteiger partial charge in [-0.05, 0) is 54.0 Å². The summed E-state index contributed by atoms with van der Waals surface area (Å²) in [5.41, 5.74) is 1.03. The number of morpholine rings is 1. The van der Waals surface area contributed by atoms with Gasteiger partial charge in [0.05, 0.1) is 30.2 Å². The first-order valence-electron chi connectivity index (χ1n) is 10.5. The number of rotatable bonds is 6. The first-order valence-corrected chi connectivity index (χ1v) is 10.9. The second-order valence-corrected chi connectivity index (χ2v) is 8.25. The number of nitrogens with zero attached hydrogens (tertiary/aromatic N) is 1. The van der Waals surface area contributed by atoms with Gasteiger partial charge in [-0.25, -0.2) is 0 Å². The second-order valence-electron chi connectivity index (χ2n) is 7.84. The van der Waals surface area contributed by atoms with E-state index in [0.717, 1.165) is 17.7 Å². The molecular formula is C23H26F3N3O3S. The van der Waals surface area contributed by atoms with E-state index in [1.54, 1.807) is 12.1 Å². The molecule has 1 fully saturated rings. The summed E-state index contributed by atoms with van der Waals surface area (Å²) in [6.45, 7) is 5.86. The molecule has 33 heavy (non-hydrogen) atoms. The molecule has 0 aromatic heterocycles. The summed E-state index contributed by atoms with van der Waals surface area (Å²) in [4.78, 5) is 14.1. The van der Waals surface area contributed by atoms with Crippen LogP contribution in [-0.4, -0.2) is 43.9 Å². The zero-order valence-electron chi connectivity index (χ0n) is 18.4. The molecule has 2 N–H and O–H groups in total. The van der Waals surface area contributed by atoms with Crippen molar-refractivity contribution < 1.29 is 27.4 Å². The quantitative estimate of drug-likeness (QED) is 0.590. The Balaban J connectivity index is 1.63. The number of amides is 1. The van der Waals surface area contributed by atoms with Crippen LogP contribution in [0.25, 0.3) is 0 Å². The summed E-state index contributed by atoms with van der Waals surface area (Å²) in [6, 6.07) is 10.8. The van der Waals surface area contributed by atoms with Crippen LogP contribution in [0.1, 0.15) is 30.9 Å². The molecule has 6 nitrogen and oxygen atoms in total. The number of thiocarbonyl (C=S) groups is 1. The molecule has 0 aliphatic carbocycles. The number of alkyl halides is 3. The van der Waals surface area contributed by atoms with E-state index in [1.807, 2.05) is 17.0 Å². The first kappa shape index (κ1) is 24.8. The number of hydrogen-bond donors (Lipinski definition) is 2. The lowest BCUT2D eigenvalue weighted by Crippen LogP contribution is -2.39. The number of ether oxygens (including phenoxy) is 2. The van der Waals surface area contributed by atoms with Crippen LogP contribution in [0.4, 0.5) is 24.5 Å². The largest absolute Gasteiger partial charge is 0.484 e. The summed E-state index contributed by atoms with van der Waals surface area (Å²) in [6.07, 6.45) is -4.51. The third-order valence-electron chi connectivity index (χ3n) is 5.09. The Morgan fingerprint density at radius 3 is 2.42 bits per heavy atom. The van der Waals surface area contributed by atoms with Crippen LogP contribution < -0.4 is 20.3 Å². The lowest BCUT2D eigenvalue weighted by molar-refractivity contribution is -0.137. The molecule has 1 saturated heterocycles. The van der Waals surface area contributed by atoms with Crippen LogP contribution in [0.15, 0.2) is 42.5 Å². The van der Waals surface area contributed by atoms with Gasteiger partial charge in [-0.3, -0.25) is 10.1 Å². The van der Waals surface area contributed by atoms with Crippen LogP contribution in [0, 0.1) is 0 Å². The van der Waals surface area contributed by atoms with Gasteiger partial charge in [0.15, 0.2) is 11.7 Å². The van der Waals surface area contributed by atoms with Crippen LogP contribution >= 0.6 is 12.2 Å². The fourth-order valence-corrected chi connectivity index (χ4v) is 3.53. The Morgan fingerprint density at radius 1 is 1.15 bits per heavy atom. The van der Waals surface area contributed by atoms with Gasteiger partial charge in [-0.15, -0.1) is 0 Å². The Labute approximate surface area is 196 Å². The van der Waals surface area contributed by atoms with Gasteiger partial charge >= 0.3 is 6.18 Å². The maximum absolute atomic E-state index is 13.2. The Bertz CT molecular complexity index is 975. The number of halogens is 3. The smallest absolute Gasteiger partial charge is 0.416 e. The molecule has 0 unspecified atom stereocenters. The fraction of sp³-hybridized carbons (Fsp3) is 0.391. The van der Waals surface area contributed by atoms with Crippen molar-refractivity contribution in [2.24, 2.45) is 0 Å². The van der Waals surface area contributed by atoms with E-state index < -0.39 is 17.6 Å².